The highest BCUT2D eigenvalue weighted by molar-refractivity contribution is 5.92. The predicted octanol–water partition coefficient (Wildman–Crippen LogP) is 2.85. The van der Waals surface area contributed by atoms with Gasteiger partial charge in [-0.05, 0) is 32.1 Å². The highest BCUT2D eigenvalue weighted by atomic mass is 19.3. The number of ether oxygens (including phenoxy) is 1. The van der Waals surface area contributed by atoms with Gasteiger partial charge in [-0.3, -0.25) is 15.6 Å². The minimum atomic E-state index is -2.93. The van der Waals surface area contributed by atoms with E-state index in [-0.39, 0.29) is 11.7 Å². The number of rotatable bonds is 6. The third kappa shape index (κ3) is 5.31. The number of carbonyl (C=O) groups excluding carboxylic acids is 1. The van der Waals surface area contributed by atoms with Crippen LogP contribution in [0.2, 0.25) is 0 Å². The van der Waals surface area contributed by atoms with Crippen LogP contribution in [0.1, 0.15) is 17.0 Å². The van der Waals surface area contributed by atoms with Crippen LogP contribution in [-0.2, 0) is 4.79 Å². The Hall–Kier alpha value is -3.03. The molecule has 1 amide bonds. The first kappa shape index (κ1) is 17.3. The van der Waals surface area contributed by atoms with Crippen molar-refractivity contribution in [2.75, 3.05) is 5.43 Å². The standard InChI is InChI=1S/C16H16F2N4O2/c1-10-9-11(2)20-16(19-10)22-21-14(23)8-7-12-5-3-4-6-13(12)24-15(17)18/h3-9,15H,1-2H3,(H,21,23)(H,19,20,22)/b8-7+. The van der Waals surface area contributed by atoms with Gasteiger partial charge in [-0.2, -0.15) is 8.78 Å². The zero-order valence-corrected chi connectivity index (χ0v) is 13.1. The number of halogens is 2. The van der Waals surface area contributed by atoms with Crippen molar-refractivity contribution in [1.82, 2.24) is 15.4 Å². The van der Waals surface area contributed by atoms with Crippen molar-refractivity contribution in [3.63, 3.8) is 0 Å². The molecule has 126 valence electrons. The molecule has 0 spiro atoms. The van der Waals surface area contributed by atoms with Crippen LogP contribution in [0.4, 0.5) is 14.7 Å². The third-order valence-corrected chi connectivity index (χ3v) is 2.83. The number of anilines is 1. The molecule has 0 aliphatic heterocycles. The third-order valence-electron chi connectivity index (χ3n) is 2.83. The summed E-state index contributed by atoms with van der Waals surface area (Å²) in [6, 6.07) is 7.96. The second-order valence-corrected chi connectivity index (χ2v) is 4.84. The minimum Gasteiger partial charge on any atom is -0.434 e. The largest absolute Gasteiger partial charge is 0.434 e. The highest BCUT2D eigenvalue weighted by Crippen LogP contribution is 2.21. The number of aromatic nitrogens is 2. The molecule has 0 radical (unpaired) electrons. The van der Waals surface area contributed by atoms with E-state index in [1.54, 1.807) is 24.3 Å². The van der Waals surface area contributed by atoms with E-state index in [0.717, 1.165) is 11.4 Å². The van der Waals surface area contributed by atoms with Crippen molar-refractivity contribution >= 4 is 17.9 Å². The smallest absolute Gasteiger partial charge is 0.387 e. The lowest BCUT2D eigenvalue weighted by molar-refractivity contribution is -0.116. The van der Waals surface area contributed by atoms with Crippen LogP contribution in [0, 0.1) is 13.8 Å². The number of nitrogens with one attached hydrogen (secondary N) is 2. The van der Waals surface area contributed by atoms with E-state index in [2.05, 4.69) is 25.6 Å². The Balaban J connectivity index is 1.98. The molecule has 2 N–H and O–H groups in total. The molecule has 1 aromatic carbocycles. The average Bonchev–Trinajstić information content (AvgIpc) is 2.50. The lowest BCUT2D eigenvalue weighted by atomic mass is 10.2. The van der Waals surface area contributed by atoms with E-state index >= 15 is 0 Å². The zero-order chi connectivity index (χ0) is 17.5. The number of aryl methyl sites for hydroxylation is 2. The summed E-state index contributed by atoms with van der Waals surface area (Å²) < 4.78 is 29.0. The maximum Gasteiger partial charge on any atom is 0.387 e. The van der Waals surface area contributed by atoms with Crippen LogP contribution in [-0.4, -0.2) is 22.5 Å². The molecular weight excluding hydrogens is 318 g/mol. The van der Waals surface area contributed by atoms with Crippen LogP contribution in [0.25, 0.3) is 6.08 Å². The molecule has 0 aliphatic rings. The molecule has 0 bridgehead atoms. The summed E-state index contributed by atoms with van der Waals surface area (Å²) in [5.74, 6) is -0.248. The van der Waals surface area contributed by atoms with Gasteiger partial charge in [0, 0.05) is 23.0 Å². The minimum absolute atomic E-state index is 0.0119. The van der Waals surface area contributed by atoms with Crippen molar-refractivity contribution in [1.29, 1.82) is 0 Å². The van der Waals surface area contributed by atoms with Gasteiger partial charge in [-0.1, -0.05) is 18.2 Å². The quantitative estimate of drug-likeness (QED) is 0.627. The van der Waals surface area contributed by atoms with Crippen molar-refractivity contribution in [2.24, 2.45) is 0 Å². The maximum absolute atomic E-state index is 12.3. The molecule has 8 heteroatoms. The molecule has 0 unspecified atom stereocenters. The monoisotopic (exact) mass is 334 g/mol. The van der Waals surface area contributed by atoms with Crippen LogP contribution < -0.4 is 15.6 Å². The Bertz CT molecular complexity index is 730. The first-order chi connectivity index (χ1) is 11.4. The normalized spacial score (nSPS) is 10.9. The Morgan fingerprint density at radius 1 is 1.21 bits per heavy atom. The van der Waals surface area contributed by atoms with E-state index in [1.165, 1.54) is 18.2 Å². The van der Waals surface area contributed by atoms with E-state index in [4.69, 9.17) is 0 Å². The summed E-state index contributed by atoms with van der Waals surface area (Å²) in [6.45, 7) is 0.681. The number of carbonyl (C=O) groups is 1. The molecule has 6 nitrogen and oxygen atoms in total. The molecule has 0 fully saturated rings. The summed E-state index contributed by atoms with van der Waals surface area (Å²) in [7, 11) is 0. The fourth-order valence-corrected chi connectivity index (χ4v) is 1.93. The van der Waals surface area contributed by atoms with E-state index in [0.29, 0.717) is 5.56 Å². The Kier molecular flexibility index (Phi) is 5.78. The van der Waals surface area contributed by atoms with Gasteiger partial charge < -0.3 is 4.74 Å². The summed E-state index contributed by atoms with van der Waals surface area (Å²) >= 11 is 0. The summed E-state index contributed by atoms with van der Waals surface area (Å²) in [6.07, 6.45) is 2.56. The van der Waals surface area contributed by atoms with Crippen molar-refractivity contribution in [2.45, 2.75) is 20.5 Å². The number of hydrazine groups is 1. The van der Waals surface area contributed by atoms with Gasteiger partial charge in [0.25, 0.3) is 5.91 Å². The molecule has 2 aromatic rings. The Morgan fingerprint density at radius 2 is 1.88 bits per heavy atom. The maximum atomic E-state index is 12.3. The first-order valence-electron chi connectivity index (χ1n) is 7.04. The number of amides is 1. The molecule has 1 heterocycles. The van der Waals surface area contributed by atoms with E-state index in [9.17, 15) is 13.6 Å². The van der Waals surface area contributed by atoms with Crippen LogP contribution in [0.3, 0.4) is 0 Å². The zero-order valence-electron chi connectivity index (χ0n) is 13.1. The van der Waals surface area contributed by atoms with Gasteiger partial charge >= 0.3 is 6.61 Å². The van der Waals surface area contributed by atoms with Crippen molar-refractivity contribution in [3.8, 4) is 5.75 Å². The fourth-order valence-electron chi connectivity index (χ4n) is 1.93. The SMILES string of the molecule is Cc1cc(C)nc(NNC(=O)/C=C/c2ccccc2OC(F)F)n1. The molecule has 1 aromatic heterocycles. The van der Waals surface area contributed by atoms with Crippen LogP contribution in [0.15, 0.2) is 36.4 Å². The molecule has 0 saturated carbocycles. The summed E-state index contributed by atoms with van der Waals surface area (Å²) in [5, 5.41) is 0. The number of hydrogen-bond acceptors (Lipinski definition) is 5. The van der Waals surface area contributed by atoms with Gasteiger partial charge in [0.05, 0.1) is 0 Å². The van der Waals surface area contributed by atoms with E-state index < -0.39 is 12.5 Å². The lowest BCUT2D eigenvalue weighted by Crippen LogP contribution is -2.28. The average molecular weight is 334 g/mol. The van der Waals surface area contributed by atoms with Crippen molar-refractivity contribution in [3.05, 3.63) is 53.4 Å². The first-order valence-corrected chi connectivity index (χ1v) is 7.04. The molecule has 0 atom stereocenters. The van der Waals surface area contributed by atoms with Gasteiger partial charge in [0.15, 0.2) is 0 Å². The predicted molar refractivity (Wildman–Crippen MR) is 85.4 cm³/mol. The molecule has 2 rings (SSSR count). The Labute approximate surface area is 137 Å². The van der Waals surface area contributed by atoms with Gasteiger partial charge in [0.1, 0.15) is 5.75 Å². The molecule has 0 saturated heterocycles. The van der Waals surface area contributed by atoms with Crippen LogP contribution >= 0.6 is 0 Å². The number of nitrogens with zero attached hydrogens (tertiary/aromatic N) is 2. The molecule has 24 heavy (non-hydrogen) atoms. The summed E-state index contributed by atoms with van der Waals surface area (Å²) in [5.41, 5.74) is 6.85. The van der Waals surface area contributed by atoms with Crippen LogP contribution in [0.5, 0.6) is 5.75 Å². The topological polar surface area (TPSA) is 76.1 Å². The second kappa shape index (κ2) is 8.00. The second-order valence-electron chi connectivity index (χ2n) is 4.84. The lowest BCUT2D eigenvalue weighted by Gasteiger charge is -2.08. The van der Waals surface area contributed by atoms with Gasteiger partial charge in [-0.15, -0.1) is 0 Å². The molecular formula is C16H16F2N4O2. The van der Waals surface area contributed by atoms with Crippen molar-refractivity contribution < 1.29 is 18.3 Å². The number of alkyl halides is 2. The fraction of sp³-hybridized carbons (Fsp3) is 0.188. The van der Waals surface area contributed by atoms with Gasteiger partial charge in [0.2, 0.25) is 5.95 Å². The number of hydrogen-bond donors (Lipinski definition) is 2. The van der Waals surface area contributed by atoms with Gasteiger partial charge in [-0.25, -0.2) is 9.97 Å². The Morgan fingerprint density at radius 3 is 2.54 bits per heavy atom. The number of benzene rings is 1. The summed E-state index contributed by atoms with van der Waals surface area (Å²) in [4.78, 5) is 20.0. The molecule has 0 aliphatic carbocycles. The van der Waals surface area contributed by atoms with E-state index in [1.807, 2.05) is 13.8 Å². The highest BCUT2D eigenvalue weighted by Gasteiger charge is 2.07. The number of para-hydroxylation sites is 1.